The molecule has 0 N–H and O–H groups in total. The Labute approximate surface area is 449 Å². The number of benzene rings is 6. The lowest BCUT2D eigenvalue weighted by atomic mass is 10.1. The second-order valence-corrected chi connectivity index (χ2v) is 49.1. The lowest BCUT2D eigenvalue weighted by molar-refractivity contribution is 0.565. The first-order valence-electron chi connectivity index (χ1n) is 25.1. The molecule has 0 aliphatic carbocycles. The quantitative estimate of drug-likeness (QED) is 0.107. The standard InChI is InChI=1S/C65H66O3Si6/c1-17-50-36-55-28-24-51-20-18-22-53(38-51)26-30-57-41-59(46-63(44-57)72(11,12)66-69(2,3)4)32-34-61-43-62(49-65(48-61)74(15,16)68-71(8,9)10)35-33-60-42-58(45-64(47-60)73(13,14)67-70(5,6)7)31-27-54-23-19-21-52(39-54)25-29-56(37-50)40-55/h1,18-23,36-49H,2-16H3. The Morgan fingerprint density at radius 1 is 0.284 bits per heavy atom. The van der Waals surface area contributed by atoms with Gasteiger partial charge in [-0.2, -0.15) is 0 Å². The highest BCUT2D eigenvalue weighted by atomic mass is 28.4. The molecule has 0 radical (unpaired) electrons. The topological polar surface area (TPSA) is 27.7 Å². The van der Waals surface area contributed by atoms with Crippen molar-refractivity contribution in [2.45, 2.75) is 98.2 Å². The van der Waals surface area contributed by atoms with E-state index in [0.29, 0.717) is 5.56 Å². The van der Waals surface area contributed by atoms with Crippen molar-refractivity contribution in [3.63, 3.8) is 0 Å². The number of fused-ring (bicyclic) bond motifs is 12. The van der Waals surface area contributed by atoms with Gasteiger partial charge in [0.25, 0.3) is 0 Å². The third-order valence-corrected chi connectivity index (χ3v) is 30.0. The molecule has 74 heavy (non-hydrogen) atoms. The first-order chi connectivity index (χ1) is 34.6. The summed E-state index contributed by atoms with van der Waals surface area (Å²) in [5.41, 5.74) is 0.711. The van der Waals surface area contributed by atoms with Crippen LogP contribution in [0.15, 0.2) is 121 Å². The van der Waals surface area contributed by atoms with Crippen LogP contribution in [-0.4, -0.2) is 49.9 Å². The minimum atomic E-state index is -2.40. The molecular formula is C65H66O3Si6. The summed E-state index contributed by atoms with van der Waals surface area (Å²) < 4.78 is 20.8. The summed E-state index contributed by atoms with van der Waals surface area (Å²) in [5, 5.41) is 13.7. The van der Waals surface area contributed by atoms with Crippen molar-refractivity contribution in [3.8, 4) is 12.3 Å². The van der Waals surface area contributed by atoms with Gasteiger partial charge >= 0.3 is 0 Å². The van der Waals surface area contributed by atoms with Gasteiger partial charge < -0.3 is 12.3 Å². The predicted molar refractivity (Wildman–Crippen MR) is 329 cm³/mol. The minimum absolute atomic E-state index is 0.711. The van der Waals surface area contributed by atoms with E-state index in [2.05, 4.69) is 232 Å². The van der Waals surface area contributed by atoms with Crippen LogP contribution in [0.25, 0.3) is 64.6 Å². The fourth-order valence-corrected chi connectivity index (χ4v) is 31.7. The molecule has 3 nitrogen and oxygen atoms in total. The highest BCUT2D eigenvalue weighted by Crippen LogP contribution is 2.20. The van der Waals surface area contributed by atoms with Crippen molar-refractivity contribution in [3.05, 3.63) is 200 Å². The Kier molecular flexibility index (Phi) is 16.5. The number of terminal acetylenes is 1. The van der Waals surface area contributed by atoms with Crippen LogP contribution in [0.4, 0.5) is 0 Å². The van der Waals surface area contributed by atoms with Crippen molar-refractivity contribution in [2.24, 2.45) is 0 Å². The molecular weight excluding hydrogens is 997 g/mol. The molecule has 0 fully saturated rings. The van der Waals surface area contributed by atoms with E-state index in [9.17, 15) is 0 Å². The van der Waals surface area contributed by atoms with Crippen molar-refractivity contribution in [1.82, 2.24) is 0 Å². The van der Waals surface area contributed by atoms with Crippen LogP contribution >= 0.6 is 0 Å². The van der Waals surface area contributed by atoms with E-state index in [4.69, 9.17) is 18.8 Å². The Morgan fingerprint density at radius 3 is 0.676 bits per heavy atom. The third kappa shape index (κ3) is 16.2. The van der Waals surface area contributed by atoms with Crippen LogP contribution < -0.4 is 15.6 Å². The molecule has 368 valence electrons. The monoisotopic (exact) mass is 1060 g/mol. The summed E-state index contributed by atoms with van der Waals surface area (Å²) in [7, 11) is -12.8. The first-order valence-corrected chi connectivity index (χ1v) is 44.0. The van der Waals surface area contributed by atoms with E-state index < -0.39 is 49.9 Å². The molecule has 0 aliphatic rings. The van der Waals surface area contributed by atoms with Crippen LogP contribution in [-0.2, 0) is 12.3 Å². The number of rotatable bonds is 9. The summed E-state index contributed by atoms with van der Waals surface area (Å²) in [6, 6.07) is 82.8. The Hall–Kier alpha value is -6.58. The van der Waals surface area contributed by atoms with Crippen molar-refractivity contribution in [1.29, 1.82) is 0 Å². The summed E-state index contributed by atoms with van der Waals surface area (Å²) in [5.74, 6) is 2.78. The number of hydrogen-bond acceptors (Lipinski definition) is 3. The number of hydrogen-bond donors (Lipinski definition) is 0. The van der Waals surface area contributed by atoms with Gasteiger partial charge in [0.15, 0.2) is 25.0 Å². The van der Waals surface area contributed by atoms with Crippen LogP contribution in [0.3, 0.4) is 0 Å². The maximum Gasteiger partial charge on any atom is 0.206 e. The maximum atomic E-state index is 6.98. The summed E-state index contributed by atoms with van der Waals surface area (Å²) in [4.78, 5) is 0. The molecule has 7 aromatic carbocycles. The normalized spacial score (nSPS) is 11.8. The molecule has 0 saturated carbocycles. The molecule has 0 aromatic heterocycles. The molecule has 0 unspecified atom stereocenters. The zero-order valence-corrected chi connectivity index (χ0v) is 51.8. The minimum Gasteiger partial charge on any atom is -0.452 e. The van der Waals surface area contributed by atoms with E-state index in [1.807, 2.05) is 66.7 Å². The average Bonchev–Trinajstić information content (AvgIpc) is 3.30. The highest BCUT2D eigenvalue weighted by Gasteiger charge is 2.34. The van der Waals surface area contributed by atoms with Gasteiger partial charge in [-0.15, -0.1) is 6.42 Å². The molecule has 7 rings (SSSR count). The Morgan fingerprint density at radius 2 is 0.473 bits per heavy atom. The van der Waals surface area contributed by atoms with E-state index >= 15 is 0 Å². The molecule has 0 spiro atoms. The summed E-state index contributed by atoms with van der Waals surface area (Å²) in [6.07, 6.45) is 5.94. The van der Waals surface area contributed by atoms with Crippen molar-refractivity contribution < 1.29 is 12.3 Å². The molecule has 12 bridgehead atoms. The second kappa shape index (κ2) is 22.1. The lowest BCUT2D eigenvalue weighted by Crippen LogP contribution is -2.51. The molecule has 0 atom stereocenters. The molecule has 0 amide bonds. The van der Waals surface area contributed by atoms with Gasteiger partial charge in [-0.05, 0) is 223 Å². The van der Waals surface area contributed by atoms with E-state index in [1.54, 1.807) is 0 Å². The van der Waals surface area contributed by atoms with E-state index in [0.717, 1.165) is 80.2 Å². The van der Waals surface area contributed by atoms with Gasteiger partial charge in [-0.25, -0.2) is 0 Å². The van der Waals surface area contributed by atoms with Crippen molar-refractivity contribution in [2.75, 3.05) is 0 Å². The SMILES string of the molecule is C#Cc1cc2c#cc3cccc(c#cc4cc([Si](C)(C)O[Si](C)(C)C)cc(c#cc5cc([Si](C)(C)O[Si](C)(C)C)cc(c#cc6cc([Si](C)(C)O[Si](C)(C)C)cc(c#cc7cccc(c#cc(c1)c2)c7)c6)c5)c4)c3. The van der Waals surface area contributed by atoms with Gasteiger partial charge in [0, 0.05) is 70.2 Å². The lowest BCUT2D eigenvalue weighted by Gasteiger charge is -2.32. The molecule has 9 heteroatoms. The molecule has 0 aliphatic heterocycles. The highest BCUT2D eigenvalue weighted by molar-refractivity contribution is 6.93. The molecule has 7 aromatic rings. The van der Waals surface area contributed by atoms with Crippen LogP contribution in [0.1, 0.15) is 5.56 Å². The van der Waals surface area contributed by atoms with Crippen LogP contribution in [0, 0.1) is 85.1 Å². The van der Waals surface area contributed by atoms with Crippen LogP contribution in [0.5, 0.6) is 0 Å². The summed E-state index contributed by atoms with van der Waals surface area (Å²) >= 11 is 0. The largest absolute Gasteiger partial charge is 0.452 e. The van der Waals surface area contributed by atoms with E-state index in [1.165, 1.54) is 0 Å². The fraction of sp³-hybridized carbons (Fsp3) is 0.231. The van der Waals surface area contributed by atoms with Crippen LogP contribution in [0.2, 0.25) is 98.2 Å². The Balaban J connectivity index is 1.57. The smallest absolute Gasteiger partial charge is 0.206 e. The summed E-state index contributed by atoms with van der Waals surface area (Å²) in [6.45, 7) is 33.9. The van der Waals surface area contributed by atoms with Crippen molar-refractivity contribution >= 4 is 130 Å². The first kappa shape index (κ1) is 55.2. The van der Waals surface area contributed by atoms with Gasteiger partial charge in [0.1, 0.15) is 0 Å². The second-order valence-electron chi connectivity index (χ2n) is 23.2. The van der Waals surface area contributed by atoms with Gasteiger partial charge in [0.05, 0.1) is 0 Å². The molecule has 0 heterocycles. The average molecular weight is 1060 g/mol. The Bertz CT molecular complexity index is 3400. The third-order valence-electron chi connectivity index (χ3n) is 11.5. The van der Waals surface area contributed by atoms with Gasteiger partial charge in [-0.1, -0.05) is 90.8 Å². The van der Waals surface area contributed by atoms with Gasteiger partial charge in [0.2, 0.25) is 25.0 Å². The maximum absolute atomic E-state index is 6.98. The fourth-order valence-electron chi connectivity index (χ4n) is 8.90. The van der Waals surface area contributed by atoms with E-state index in [-0.39, 0.29) is 0 Å². The molecule has 0 saturated heterocycles. The zero-order valence-electron chi connectivity index (χ0n) is 45.8. The van der Waals surface area contributed by atoms with Gasteiger partial charge in [-0.3, -0.25) is 0 Å². The zero-order chi connectivity index (χ0) is 53.7. The predicted octanol–water partition coefficient (Wildman–Crippen LogP) is 15.0.